The molecule has 70 valence electrons. The summed E-state index contributed by atoms with van der Waals surface area (Å²) < 4.78 is 5.40. The Bertz CT molecular complexity index is 323. The zero-order valence-electron chi connectivity index (χ0n) is 7.95. The van der Waals surface area contributed by atoms with Crippen molar-refractivity contribution in [3.63, 3.8) is 0 Å². The SMILES string of the molecule is CN(C)c1ccc2c(c1)C(N)CO2. The van der Waals surface area contributed by atoms with E-state index in [1.807, 2.05) is 26.2 Å². The van der Waals surface area contributed by atoms with Gasteiger partial charge >= 0.3 is 0 Å². The van der Waals surface area contributed by atoms with Gasteiger partial charge in [0.25, 0.3) is 0 Å². The first-order chi connectivity index (χ1) is 6.18. The second kappa shape index (κ2) is 2.92. The van der Waals surface area contributed by atoms with Crippen molar-refractivity contribution in [2.45, 2.75) is 6.04 Å². The van der Waals surface area contributed by atoms with Gasteiger partial charge in [0, 0.05) is 25.3 Å². The molecule has 0 fully saturated rings. The highest BCUT2D eigenvalue weighted by Crippen LogP contribution is 2.33. The van der Waals surface area contributed by atoms with Crippen molar-refractivity contribution < 1.29 is 4.74 Å². The van der Waals surface area contributed by atoms with E-state index in [4.69, 9.17) is 10.5 Å². The van der Waals surface area contributed by atoms with E-state index in [1.54, 1.807) is 0 Å². The fourth-order valence-corrected chi connectivity index (χ4v) is 1.50. The average molecular weight is 178 g/mol. The molecular weight excluding hydrogens is 164 g/mol. The van der Waals surface area contributed by atoms with Crippen molar-refractivity contribution in [3.05, 3.63) is 23.8 Å². The van der Waals surface area contributed by atoms with E-state index in [-0.39, 0.29) is 6.04 Å². The molecule has 0 aliphatic carbocycles. The monoisotopic (exact) mass is 178 g/mol. The van der Waals surface area contributed by atoms with Crippen LogP contribution >= 0.6 is 0 Å². The summed E-state index contributed by atoms with van der Waals surface area (Å²) in [7, 11) is 4.03. The van der Waals surface area contributed by atoms with Crippen LogP contribution in [0.5, 0.6) is 5.75 Å². The lowest BCUT2D eigenvalue weighted by molar-refractivity contribution is 0.333. The lowest BCUT2D eigenvalue weighted by Crippen LogP contribution is -2.12. The lowest BCUT2D eigenvalue weighted by Gasteiger charge is -2.13. The smallest absolute Gasteiger partial charge is 0.124 e. The molecule has 0 bridgehead atoms. The molecule has 0 aromatic heterocycles. The van der Waals surface area contributed by atoms with Crippen molar-refractivity contribution >= 4 is 5.69 Å². The third-order valence-corrected chi connectivity index (χ3v) is 2.33. The van der Waals surface area contributed by atoms with Gasteiger partial charge in [-0.3, -0.25) is 0 Å². The average Bonchev–Trinajstić information content (AvgIpc) is 2.47. The van der Waals surface area contributed by atoms with Crippen LogP contribution in [0, 0.1) is 0 Å². The highest BCUT2D eigenvalue weighted by Gasteiger charge is 2.20. The molecule has 3 nitrogen and oxygen atoms in total. The van der Waals surface area contributed by atoms with Crippen LogP contribution in [0.4, 0.5) is 5.69 Å². The topological polar surface area (TPSA) is 38.5 Å². The maximum absolute atomic E-state index is 5.87. The third-order valence-electron chi connectivity index (χ3n) is 2.33. The predicted octanol–water partition coefficient (Wildman–Crippen LogP) is 1.14. The van der Waals surface area contributed by atoms with Gasteiger partial charge in [0.15, 0.2) is 0 Å². The van der Waals surface area contributed by atoms with Crippen LogP contribution in [0.2, 0.25) is 0 Å². The summed E-state index contributed by atoms with van der Waals surface area (Å²) >= 11 is 0. The predicted molar refractivity (Wildman–Crippen MR) is 53.2 cm³/mol. The first-order valence-electron chi connectivity index (χ1n) is 4.38. The number of fused-ring (bicyclic) bond motifs is 1. The number of nitrogens with zero attached hydrogens (tertiary/aromatic N) is 1. The van der Waals surface area contributed by atoms with E-state index in [9.17, 15) is 0 Å². The Hall–Kier alpha value is -1.22. The van der Waals surface area contributed by atoms with Gasteiger partial charge in [-0.25, -0.2) is 0 Å². The van der Waals surface area contributed by atoms with Gasteiger partial charge in [0.2, 0.25) is 0 Å². The molecule has 0 saturated carbocycles. The molecular formula is C10H14N2O. The molecule has 1 aliphatic rings. The Kier molecular flexibility index (Phi) is 1.88. The van der Waals surface area contributed by atoms with Gasteiger partial charge in [-0.2, -0.15) is 0 Å². The Balaban J connectivity index is 2.42. The van der Waals surface area contributed by atoms with Crippen LogP contribution < -0.4 is 15.4 Å². The minimum Gasteiger partial charge on any atom is -0.491 e. The Morgan fingerprint density at radius 1 is 1.46 bits per heavy atom. The fourth-order valence-electron chi connectivity index (χ4n) is 1.50. The summed E-state index contributed by atoms with van der Waals surface area (Å²) in [5.74, 6) is 0.929. The number of anilines is 1. The van der Waals surface area contributed by atoms with Gasteiger partial charge in [-0.05, 0) is 18.2 Å². The number of hydrogen-bond acceptors (Lipinski definition) is 3. The minimum atomic E-state index is 0.0369. The molecule has 13 heavy (non-hydrogen) atoms. The van der Waals surface area contributed by atoms with E-state index in [0.29, 0.717) is 6.61 Å². The molecule has 2 N–H and O–H groups in total. The summed E-state index contributed by atoms with van der Waals surface area (Å²) in [6, 6.07) is 6.15. The Morgan fingerprint density at radius 3 is 2.92 bits per heavy atom. The summed E-state index contributed by atoms with van der Waals surface area (Å²) in [6.07, 6.45) is 0. The van der Waals surface area contributed by atoms with Gasteiger partial charge in [0.1, 0.15) is 12.4 Å². The van der Waals surface area contributed by atoms with E-state index in [2.05, 4.69) is 11.0 Å². The van der Waals surface area contributed by atoms with Crippen LogP contribution in [-0.4, -0.2) is 20.7 Å². The van der Waals surface area contributed by atoms with Gasteiger partial charge in [-0.1, -0.05) is 0 Å². The minimum absolute atomic E-state index is 0.0369. The maximum Gasteiger partial charge on any atom is 0.124 e. The van der Waals surface area contributed by atoms with Gasteiger partial charge in [-0.15, -0.1) is 0 Å². The second-order valence-corrected chi connectivity index (χ2v) is 3.53. The van der Waals surface area contributed by atoms with Crippen molar-refractivity contribution in [1.82, 2.24) is 0 Å². The summed E-state index contributed by atoms with van der Waals surface area (Å²) in [5.41, 5.74) is 8.16. The molecule has 3 heteroatoms. The Labute approximate surface area is 78.1 Å². The molecule has 1 aliphatic heterocycles. The zero-order valence-corrected chi connectivity index (χ0v) is 7.95. The van der Waals surface area contributed by atoms with E-state index >= 15 is 0 Å². The first-order valence-corrected chi connectivity index (χ1v) is 4.38. The number of hydrogen-bond donors (Lipinski definition) is 1. The first kappa shape index (κ1) is 8.38. The fraction of sp³-hybridized carbons (Fsp3) is 0.400. The molecule has 1 unspecified atom stereocenters. The number of benzene rings is 1. The summed E-state index contributed by atoms with van der Waals surface area (Å²) in [5, 5.41) is 0. The van der Waals surface area contributed by atoms with Gasteiger partial charge < -0.3 is 15.4 Å². The van der Waals surface area contributed by atoms with Gasteiger partial charge in [0.05, 0.1) is 6.04 Å². The molecule has 1 aromatic carbocycles. The summed E-state index contributed by atoms with van der Waals surface area (Å²) in [4.78, 5) is 2.06. The Morgan fingerprint density at radius 2 is 2.23 bits per heavy atom. The molecule has 2 rings (SSSR count). The van der Waals surface area contributed by atoms with Crippen LogP contribution in [0.25, 0.3) is 0 Å². The van der Waals surface area contributed by atoms with Crippen LogP contribution in [0.15, 0.2) is 18.2 Å². The van der Waals surface area contributed by atoms with Crippen molar-refractivity contribution in [2.24, 2.45) is 5.73 Å². The standard InChI is InChI=1S/C10H14N2O/c1-12(2)7-3-4-10-8(5-7)9(11)6-13-10/h3-5,9H,6,11H2,1-2H3. The summed E-state index contributed by atoms with van der Waals surface area (Å²) in [6.45, 7) is 0.603. The van der Waals surface area contributed by atoms with Crippen molar-refractivity contribution in [2.75, 3.05) is 25.6 Å². The quantitative estimate of drug-likeness (QED) is 0.701. The number of ether oxygens (including phenoxy) is 1. The third kappa shape index (κ3) is 1.35. The van der Waals surface area contributed by atoms with Crippen molar-refractivity contribution in [3.8, 4) is 5.75 Å². The van der Waals surface area contributed by atoms with Crippen LogP contribution in [0.1, 0.15) is 11.6 Å². The second-order valence-electron chi connectivity index (χ2n) is 3.53. The normalized spacial score (nSPS) is 19.5. The molecule has 1 aromatic rings. The molecule has 0 spiro atoms. The van der Waals surface area contributed by atoms with E-state index in [0.717, 1.165) is 11.3 Å². The van der Waals surface area contributed by atoms with Crippen LogP contribution in [-0.2, 0) is 0 Å². The number of nitrogens with two attached hydrogens (primary N) is 1. The molecule has 1 heterocycles. The molecule has 0 amide bonds. The molecule has 0 saturated heterocycles. The maximum atomic E-state index is 5.87. The highest BCUT2D eigenvalue weighted by molar-refractivity contribution is 5.54. The highest BCUT2D eigenvalue weighted by atomic mass is 16.5. The van der Waals surface area contributed by atoms with Crippen molar-refractivity contribution in [1.29, 1.82) is 0 Å². The zero-order chi connectivity index (χ0) is 9.42. The lowest BCUT2D eigenvalue weighted by atomic mass is 10.1. The molecule has 1 atom stereocenters. The van der Waals surface area contributed by atoms with E-state index < -0.39 is 0 Å². The molecule has 0 radical (unpaired) electrons. The van der Waals surface area contributed by atoms with Crippen LogP contribution in [0.3, 0.4) is 0 Å². The number of rotatable bonds is 1. The van der Waals surface area contributed by atoms with E-state index in [1.165, 1.54) is 5.69 Å². The largest absolute Gasteiger partial charge is 0.491 e.